The van der Waals surface area contributed by atoms with E-state index in [4.69, 9.17) is 0 Å². The maximum Gasteiger partial charge on any atom is 0.191 e. The van der Waals surface area contributed by atoms with E-state index in [-0.39, 0.29) is 0 Å². The summed E-state index contributed by atoms with van der Waals surface area (Å²) in [5.74, 6) is 1.69. The number of nitrogens with zero attached hydrogens (tertiary/aromatic N) is 5. The van der Waals surface area contributed by atoms with E-state index in [2.05, 4.69) is 67.9 Å². The van der Waals surface area contributed by atoms with Crippen LogP contribution in [-0.4, -0.2) is 46.4 Å². The van der Waals surface area contributed by atoms with Crippen molar-refractivity contribution in [2.75, 3.05) is 24.5 Å². The molecule has 7 nitrogen and oxygen atoms in total. The van der Waals surface area contributed by atoms with Crippen LogP contribution in [0.4, 0.5) is 5.69 Å². The average Bonchev–Trinajstić information content (AvgIpc) is 3.06. The number of hydrogen-bond acceptors (Lipinski definition) is 4. The Morgan fingerprint density at radius 3 is 2.88 bits per heavy atom. The van der Waals surface area contributed by atoms with Gasteiger partial charge in [-0.05, 0) is 31.9 Å². The molecule has 25 heavy (non-hydrogen) atoms. The molecule has 0 bridgehead atoms. The van der Waals surface area contributed by atoms with Crippen LogP contribution in [0.1, 0.15) is 25.6 Å². The van der Waals surface area contributed by atoms with Gasteiger partial charge in [0.2, 0.25) is 0 Å². The van der Waals surface area contributed by atoms with Crippen LogP contribution in [0.2, 0.25) is 0 Å². The second-order valence-electron chi connectivity index (χ2n) is 6.26. The van der Waals surface area contributed by atoms with E-state index in [1.165, 1.54) is 12.1 Å². The SMILES string of the molecule is CCNC(=NCc1ncnn1C)NC1CCCN(c2ccccc2)C1. The van der Waals surface area contributed by atoms with Gasteiger partial charge in [-0.2, -0.15) is 5.10 Å². The highest BCUT2D eigenvalue weighted by Gasteiger charge is 2.20. The van der Waals surface area contributed by atoms with E-state index in [0.717, 1.165) is 37.8 Å². The normalized spacial score (nSPS) is 18.2. The number of anilines is 1. The summed E-state index contributed by atoms with van der Waals surface area (Å²) in [4.78, 5) is 11.3. The number of aryl methyl sites for hydroxylation is 1. The molecule has 0 radical (unpaired) electrons. The Hall–Kier alpha value is -2.57. The first kappa shape index (κ1) is 17.3. The summed E-state index contributed by atoms with van der Waals surface area (Å²) >= 11 is 0. The van der Waals surface area contributed by atoms with Gasteiger partial charge < -0.3 is 15.5 Å². The zero-order valence-electron chi connectivity index (χ0n) is 15.0. The van der Waals surface area contributed by atoms with E-state index >= 15 is 0 Å². The molecule has 0 aliphatic carbocycles. The fourth-order valence-corrected chi connectivity index (χ4v) is 3.09. The number of hydrogen-bond donors (Lipinski definition) is 2. The molecule has 1 aromatic carbocycles. The minimum absolute atomic E-state index is 0.381. The van der Waals surface area contributed by atoms with Crippen molar-refractivity contribution in [2.45, 2.75) is 32.4 Å². The van der Waals surface area contributed by atoms with Gasteiger partial charge in [0.1, 0.15) is 18.7 Å². The summed E-state index contributed by atoms with van der Waals surface area (Å²) < 4.78 is 1.75. The van der Waals surface area contributed by atoms with Crippen molar-refractivity contribution in [1.29, 1.82) is 0 Å². The molecule has 0 amide bonds. The molecule has 1 atom stereocenters. The molecule has 1 aliphatic rings. The Balaban J connectivity index is 1.62. The van der Waals surface area contributed by atoms with Gasteiger partial charge in [0.05, 0.1) is 0 Å². The third-order valence-electron chi connectivity index (χ3n) is 4.41. The maximum absolute atomic E-state index is 4.66. The highest BCUT2D eigenvalue weighted by Crippen LogP contribution is 2.19. The highest BCUT2D eigenvalue weighted by molar-refractivity contribution is 5.80. The monoisotopic (exact) mass is 341 g/mol. The van der Waals surface area contributed by atoms with Gasteiger partial charge in [-0.15, -0.1) is 0 Å². The Morgan fingerprint density at radius 2 is 2.16 bits per heavy atom. The van der Waals surface area contributed by atoms with Crippen molar-refractivity contribution in [3.63, 3.8) is 0 Å². The number of aromatic nitrogens is 3. The van der Waals surface area contributed by atoms with E-state index < -0.39 is 0 Å². The van der Waals surface area contributed by atoms with Gasteiger partial charge in [0.15, 0.2) is 5.96 Å². The van der Waals surface area contributed by atoms with Crippen molar-refractivity contribution in [3.05, 3.63) is 42.5 Å². The predicted molar refractivity (Wildman–Crippen MR) is 101 cm³/mol. The van der Waals surface area contributed by atoms with Crippen LogP contribution in [0.15, 0.2) is 41.7 Å². The molecule has 3 rings (SSSR count). The molecule has 0 saturated carbocycles. The quantitative estimate of drug-likeness (QED) is 0.638. The molecule has 134 valence electrons. The summed E-state index contributed by atoms with van der Waals surface area (Å²) in [5, 5.41) is 11.0. The number of rotatable bonds is 5. The van der Waals surface area contributed by atoms with Crippen LogP contribution in [0, 0.1) is 0 Å². The van der Waals surface area contributed by atoms with E-state index in [1.807, 2.05) is 7.05 Å². The van der Waals surface area contributed by atoms with Crippen molar-refractivity contribution >= 4 is 11.6 Å². The first-order valence-corrected chi connectivity index (χ1v) is 8.94. The number of aliphatic imine (C=N–C) groups is 1. The van der Waals surface area contributed by atoms with Gasteiger partial charge >= 0.3 is 0 Å². The fraction of sp³-hybridized carbons (Fsp3) is 0.500. The lowest BCUT2D eigenvalue weighted by Crippen LogP contribution is -2.51. The Morgan fingerprint density at radius 1 is 1.32 bits per heavy atom. The Labute approximate surface area is 149 Å². The molecule has 1 unspecified atom stereocenters. The van der Waals surface area contributed by atoms with E-state index in [1.54, 1.807) is 11.0 Å². The third kappa shape index (κ3) is 4.71. The van der Waals surface area contributed by atoms with E-state index in [9.17, 15) is 0 Å². The molecular weight excluding hydrogens is 314 g/mol. The second kappa shape index (κ2) is 8.50. The number of nitrogens with one attached hydrogen (secondary N) is 2. The summed E-state index contributed by atoms with van der Waals surface area (Å²) in [6.07, 6.45) is 3.89. The number of piperidine rings is 1. The van der Waals surface area contributed by atoms with Crippen molar-refractivity contribution in [2.24, 2.45) is 12.0 Å². The van der Waals surface area contributed by atoms with Crippen LogP contribution in [-0.2, 0) is 13.6 Å². The minimum Gasteiger partial charge on any atom is -0.369 e. The molecule has 0 spiro atoms. The van der Waals surface area contributed by atoms with Crippen molar-refractivity contribution < 1.29 is 0 Å². The maximum atomic E-state index is 4.66. The third-order valence-corrected chi connectivity index (χ3v) is 4.41. The fourth-order valence-electron chi connectivity index (χ4n) is 3.09. The van der Waals surface area contributed by atoms with Crippen molar-refractivity contribution in [3.8, 4) is 0 Å². The van der Waals surface area contributed by atoms with Gasteiger partial charge in [-0.25, -0.2) is 9.98 Å². The number of para-hydroxylation sites is 1. The molecule has 2 N–H and O–H groups in total. The molecule has 1 aliphatic heterocycles. The lowest BCUT2D eigenvalue weighted by Gasteiger charge is -2.35. The van der Waals surface area contributed by atoms with Gasteiger partial charge in [-0.3, -0.25) is 4.68 Å². The lowest BCUT2D eigenvalue weighted by atomic mass is 10.1. The Kier molecular flexibility index (Phi) is 5.87. The summed E-state index contributed by atoms with van der Waals surface area (Å²) in [5.41, 5.74) is 1.29. The highest BCUT2D eigenvalue weighted by atomic mass is 15.3. The summed E-state index contributed by atoms with van der Waals surface area (Å²) in [6, 6.07) is 11.0. The smallest absolute Gasteiger partial charge is 0.191 e. The zero-order valence-corrected chi connectivity index (χ0v) is 15.0. The van der Waals surface area contributed by atoms with Crippen LogP contribution in [0.3, 0.4) is 0 Å². The first-order valence-electron chi connectivity index (χ1n) is 8.94. The van der Waals surface area contributed by atoms with Crippen LogP contribution >= 0.6 is 0 Å². The molecular formula is C18H27N7. The largest absolute Gasteiger partial charge is 0.369 e. The van der Waals surface area contributed by atoms with Gasteiger partial charge in [0, 0.05) is 38.4 Å². The average molecular weight is 341 g/mol. The van der Waals surface area contributed by atoms with Crippen LogP contribution in [0.25, 0.3) is 0 Å². The van der Waals surface area contributed by atoms with Crippen molar-refractivity contribution in [1.82, 2.24) is 25.4 Å². The van der Waals surface area contributed by atoms with Gasteiger partial charge in [0.25, 0.3) is 0 Å². The van der Waals surface area contributed by atoms with Crippen LogP contribution in [0.5, 0.6) is 0 Å². The second-order valence-corrected chi connectivity index (χ2v) is 6.26. The van der Waals surface area contributed by atoms with E-state index in [0.29, 0.717) is 12.6 Å². The summed E-state index contributed by atoms with van der Waals surface area (Å²) in [6.45, 7) is 5.52. The first-order chi connectivity index (χ1) is 12.3. The zero-order chi connectivity index (χ0) is 17.5. The molecule has 2 aromatic rings. The standard InChI is InChI=1S/C18H27N7/c1-3-19-18(20-12-17-21-14-22-24(17)2)23-15-8-7-11-25(13-15)16-9-5-4-6-10-16/h4-6,9-10,14-15H,3,7-8,11-13H2,1-2H3,(H2,19,20,23). The molecule has 1 aromatic heterocycles. The molecule has 1 fully saturated rings. The molecule has 7 heteroatoms. The number of benzene rings is 1. The minimum atomic E-state index is 0.381. The molecule has 1 saturated heterocycles. The Bertz CT molecular complexity index is 680. The lowest BCUT2D eigenvalue weighted by molar-refractivity contribution is 0.468. The predicted octanol–water partition coefficient (Wildman–Crippen LogP) is 1.54. The summed E-state index contributed by atoms with van der Waals surface area (Å²) in [7, 11) is 1.89. The molecule has 2 heterocycles. The van der Waals surface area contributed by atoms with Crippen LogP contribution < -0.4 is 15.5 Å². The van der Waals surface area contributed by atoms with Gasteiger partial charge in [-0.1, -0.05) is 18.2 Å². The topological polar surface area (TPSA) is 70.4 Å². The number of guanidine groups is 1.